The molecule has 0 heterocycles. The highest BCUT2D eigenvalue weighted by atomic mass is 31.1. The summed E-state index contributed by atoms with van der Waals surface area (Å²) < 4.78 is 16.1. The summed E-state index contributed by atoms with van der Waals surface area (Å²) >= 11 is 0. The van der Waals surface area contributed by atoms with E-state index in [0.29, 0.717) is 0 Å². The molecule has 0 aliphatic rings. The SMILES string of the molecule is COOC[P+](=O)CC(=O)OC(C)(C)C. The van der Waals surface area contributed by atoms with Crippen molar-refractivity contribution in [1.82, 2.24) is 0 Å². The maximum Gasteiger partial charge on any atom is 0.381 e. The van der Waals surface area contributed by atoms with E-state index in [2.05, 4.69) is 9.78 Å². The van der Waals surface area contributed by atoms with Crippen molar-refractivity contribution in [2.24, 2.45) is 0 Å². The lowest BCUT2D eigenvalue weighted by Gasteiger charge is -2.17. The molecule has 0 saturated carbocycles. The molecule has 0 N–H and O–H groups in total. The van der Waals surface area contributed by atoms with Gasteiger partial charge in [-0.2, -0.15) is 4.89 Å². The van der Waals surface area contributed by atoms with Crippen LogP contribution in [-0.4, -0.2) is 31.2 Å². The molecule has 82 valence electrons. The molecule has 0 aromatic carbocycles. The third-order valence-corrected chi connectivity index (χ3v) is 2.04. The fraction of sp³-hybridized carbons (Fsp3) is 0.875. The Hall–Kier alpha value is -0.510. The van der Waals surface area contributed by atoms with Crippen molar-refractivity contribution >= 4 is 13.8 Å². The van der Waals surface area contributed by atoms with Crippen LogP contribution in [0.1, 0.15) is 20.8 Å². The van der Waals surface area contributed by atoms with Gasteiger partial charge in [0.15, 0.2) is 0 Å². The minimum absolute atomic E-state index is 0.0922. The highest BCUT2D eigenvalue weighted by Crippen LogP contribution is 2.21. The van der Waals surface area contributed by atoms with Gasteiger partial charge < -0.3 is 4.74 Å². The molecule has 0 rings (SSSR count). The summed E-state index contributed by atoms with van der Waals surface area (Å²) in [6.45, 7) is 5.26. The van der Waals surface area contributed by atoms with E-state index in [9.17, 15) is 9.36 Å². The number of carbonyl (C=O) groups is 1. The van der Waals surface area contributed by atoms with E-state index in [0.717, 1.165) is 0 Å². The molecule has 0 bridgehead atoms. The summed E-state index contributed by atoms with van der Waals surface area (Å²) in [4.78, 5) is 19.8. The first-order valence-electron chi connectivity index (χ1n) is 4.14. The number of ether oxygens (including phenoxy) is 1. The molecule has 1 unspecified atom stereocenters. The molecule has 0 aromatic heterocycles. The third-order valence-electron chi connectivity index (χ3n) is 1.04. The summed E-state index contributed by atoms with van der Waals surface area (Å²) in [5.41, 5.74) is -0.546. The quantitative estimate of drug-likeness (QED) is 0.307. The first-order chi connectivity index (χ1) is 6.35. The van der Waals surface area contributed by atoms with E-state index in [1.807, 2.05) is 0 Å². The third kappa shape index (κ3) is 8.10. The molecule has 0 aliphatic heterocycles. The van der Waals surface area contributed by atoms with Gasteiger partial charge in [0.1, 0.15) is 5.60 Å². The van der Waals surface area contributed by atoms with Crippen molar-refractivity contribution in [3.8, 4) is 0 Å². The lowest BCUT2D eigenvalue weighted by atomic mass is 10.2. The summed E-state index contributed by atoms with van der Waals surface area (Å²) in [6.07, 6.45) is -0.235. The molecular formula is C8H16O5P+. The largest absolute Gasteiger partial charge is 0.457 e. The Bertz CT molecular complexity index is 208. The normalized spacial score (nSPS) is 12.4. The van der Waals surface area contributed by atoms with Crippen molar-refractivity contribution in [1.29, 1.82) is 0 Å². The maximum atomic E-state index is 11.1. The van der Waals surface area contributed by atoms with Crippen molar-refractivity contribution < 1.29 is 23.9 Å². The van der Waals surface area contributed by atoms with Crippen LogP contribution in [0.2, 0.25) is 0 Å². The fourth-order valence-electron chi connectivity index (χ4n) is 0.675. The van der Waals surface area contributed by atoms with Gasteiger partial charge in [0.05, 0.1) is 7.11 Å². The average Bonchev–Trinajstić information content (AvgIpc) is 1.96. The first kappa shape index (κ1) is 13.5. The second kappa shape index (κ2) is 6.06. The second-order valence-electron chi connectivity index (χ2n) is 3.64. The van der Waals surface area contributed by atoms with Crippen LogP contribution in [-0.2, 0) is 23.9 Å². The number of hydrogen-bond acceptors (Lipinski definition) is 5. The number of hydrogen-bond donors (Lipinski definition) is 0. The Kier molecular flexibility index (Phi) is 5.84. The van der Waals surface area contributed by atoms with Gasteiger partial charge in [-0.25, -0.2) is 9.68 Å². The van der Waals surface area contributed by atoms with Crippen LogP contribution in [0, 0.1) is 0 Å². The average molecular weight is 223 g/mol. The van der Waals surface area contributed by atoms with E-state index >= 15 is 0 Å². The monoisotopic (exact) mass is 223 g/mol. The minimum Gasteiger partial charge on any atom is -0.457 e. The van der Waals surface area contributed by atoms with Gasteiger partial charge in [0.25, 0.3) is 6.35 Å². The van der Waals surface area contributed by atoms with Crippen LogP contribution in [0.25, 0.3) is 0 Å². The van der Waals surface area contributed by atoms with Crippen molar-refractivity contribution in [2.45, 2.75) is 26.4 Å². The zero-order valence-corrected chi connectivity index (χ0v) is 9.80. The number of rotatable bonds is 5. The highest BCUT2D eigenvalue weighted by Gasteiger charge is 2.26. The lowest BCUT2D eigenvalue weighted by molar-refractivity contribution is -0.256. The molecule has 14 heavy (non-hydrogen) atoms. The highest BCUT2D eigenvalue weighted by molar-refractivity contribution is 7.45. The molecule has 0 radical (unpaired) electrons. The van der Waals surface area contributed by atoms with Crippen LogP contribution in [0.5, 0.6) is 0 Å². The van der Waals surface area contributed by atoms with Crippen LogP contribution in [0.15, 0.2) is 0 Å². The van der Waals surface area contributed by atoms with Crippen LogP contribution in [0.4, 0.5) is 0 Å². The van der Waals surface area contributed by atoms with Crippen molar-refractivity contribution in [3.63, 3.8) is 0 Å². The van der Waals surface area contributed by atoms with Crippen LogP contribution < -0.4 is 0 Å². The predicted octanol–water partition coefficient (Wildman–Crippen LogP) is 1.69. The molecule has 5 nitrogen and oxygen atoms in total. The summed E-state index contributed by atoms with van der Waals surface area (Å²) in [5, 5.41) is 0. The van der Waals surface area contributed by atoms with E-state index in [4.69, 9.17) is 4.74 Å². The van der Waals surface area contributed by atoms with Gasteiger partial charge >= 0.3 is 13.8 Å². The van der Waals surface area contributed by atoms with Gasteiger partial charge in [-0.15, -0.1) is 0 Å². The summed E-state index contributed by atoms with van der Waals surface area (Å²) in [5.74, 6) is -0.488. The molecule has 0 aromatic rings. The van der Waals surface area contributed by atoms with Gasteiger partial charge in [0, 0.05) is 0 Å². The lowest BCUT2D eigenvalue weighted by Crippen LogP contribution is -2.25. The standard InChI is InChI=1S/C8H16O5P/c1-8(2,3)13-7(9)5-14(10)6-12-11-4/h5-6H2,1-4H3/q+1. The smallest absolute Gasteiger partial charge is 0.381 e. The molecule has 1 atom stereocenters. The number of carbonyl (C=O) groups excluding carboxylic acids is 1. The van der Waals surface area contributed by atoms with Gasteiger partial charge in [-0.3, -0.25) is 0 Å². The first-order valence-corrected chi connectivity index (χ1v) is 5.77. The maximum absolute atomic E-state index is 11.1. The van der Waals surface area contributed by atoms with E-state index in [-0.39, 0.29) is 12.5 Å². The topological polar surface area (TPSA) is 61.8 Å². The molecule has 0 aliphatic carbocycles. The predicted molar refractivity (Wildman–Crippen MR) is 51.3 cm³/mol. The molecule has 0 spiro atoms. The fourth-order valence-corrected chi connectivity index (χ4v) is 1.34. The molecule has 0 amide bonds. The molecule has 0 fully saturated rings. The van der Waals surface area contributed by atoms with Crippen LogP contribution in [0.3, 0.4) is 0 Å². The van der Waals surface area contributed by atoms with E-state index in [1.165, 1.54) is 7.11 Å². The zero-order chi connectivity index (χ0) is 11.2. The second-order valence-corrected chi connectivity index (χ2v) is 5.18. The van der Waals surface area contributed by atoms with E-state index < -0.39 is 19.4 Å². The molecule has 0 saturated heterocycles. The Morgan fingerprint density at radius 3 is 2.36 bits per heavy atom. The Balaban J connectivity index is 3.78. The summed E-state index contributed by atoms with van der Waals surface area (Å²) in [6, 6.07) is 0. The Morgan fingerprint density at radius 1 is 1.36 bits per heavy atom. The Labute approximate surface area is 84.4 Å². The van der Waals surface area contributed by atoms with Crippen molar-refractivity contribution in [2.75, 3.05) is 19.6 Å². The molecular weight excluding hydrogens is 207 g/mol. The zero-order valence-electron chi connectivity index (χ0n) is 8.90. The van der Waals surface area contributed by atoms with Crippen LogP contribution >= 0.6 is 7.80 Å². The van der Waals surface area contributed by atoms with Gasteiger partial charge in [0.2, 0.25) is 6.16 Å². The molecule has 6 heteroatoms. The van der Waals surface area contributed by atoms with Crippen molar-refractivity contribution in [3.05, 3.63) is 0 Å². The van der Waals surface area contributed by atoms with Gasteiger partial charge in [-0.1, -0.05) is 4.57 Å². The van der Waals surface area contributed by atoms with E-state index in [1.54, 1.807) is 20.8 Å². The minimum atomic E-state index is -1.75. The van der Waals surface area contributed by atoms with Gasteiger partial charge in [-0.05, 0) is 20.8 Å². The number of esters is 1. The Morgan fingerprint density at radius 2 is 1.93 bits per heavy atom. The summed E-state index contributed by atoms with van der Waals surface area (Å²) in [7, 11) is -0.434.